The highest BCUT2D eigenvalue weighted by molar-refractivity contribution is 5.89. The highest BCUT2D eigenvalue weighted by atomic mass is 19.4. The topological polar surface area (TPSA) is 55.1 Å². The zero-order valence-corrected chi connectivity index (χ0v) is 10.1. The van der Waals surface area contributed by atoms with Crippen molar-refractivity contribution in [2.45, 2.75) is 6.18 Å². The van der Waals surface area contributed by atoms with Crippen LogP contribution in [-0.2, 0) is 13.2 Å². The van der Waals surface area contributed by atoms with Gasteiger partial charge in [0.1, 0.15) is 11.5 Å². The summed E-state index contributed by atoms with van der Waals surface area (Å²) in [7, 11) is 1.12. The third kappa shape index (κ3) is 2.49. The van der Waals surface area contributed by atoms with Crippen molar-refractivity contribution in [3.8, 4) is 11.3 Å². The van der Waals surface area contributed by atoms with Gasteiger partial charge in [-0.1, -0.05) is 0 Å². The molecule has 2 rings (SSSR count). The van der Waals surface area contributed by atoms with Gasteiger partial charge in [0.2, 0.25) is 0 Å². The molecule has 0 spiro atoms. The smallest absolute Gasteiger partial charge is 0.433 e. The molecule has 0 fully saturated rings. The normalized spacial score (nSPS) is 11.7. The molecule has 0 aliphatic carbocycles. The van der Waals surface area contributed by atoms with Crippen molar-refractivity contribution >= 4 is 5.97 Å². The van der Waals surface area contributed by atoms with E-state index < -0.39 is 29.2 Å². The summed E-state index contributed by atoms with van der Waals surface area (Å²) in [6.07, 6.45) is -4.57. The molecule has 8 heteroatoms. The Balaban J connectivity index is 2.53. The zero-order valence-electron chi connectivity index (χ0n) is 10.1. The number of hydrogen-bond acceptors (Lipinski definition) is 2. The number of benzene rings is 1. The van der Waals surface area contributed by atoms with Crippen LogP contribution in [0.5, 0.6) is 0 Å². The van der Waals surface area contributed by atoms with Crippen molar-refractivity contribution < 1.29 is 27.5 Å². The third-order valence-corrected chi connectivity index (χ3v) is 2.66. The molecule has 0 amide bonds. The standard InChI is InChI=1S/C12H8F4N2O2/c1-18-10(12(14,15)16)5-9(17-18)6-2-3-8(13)7(4-6)11(19)20/h2-5H,1H3,(H,19,20). The van der Waals surface area contributed by atoms with Crippen molar-refractivity contribution in [1.29, 1.82) is 0 Å². The van der Waals surface area contributed by atoms with E-state index in [0.717, 1.165) is 25.2 Å². The molecule has 0 atom stereocenters. The van der Waals surface area contributed by atoms with Gasteiger partial charge in [-0.05, 0) is 24.3 Å². The van der Waals surface area contributed by atoms with Gasteiger partial charge >= 0.3 is 12.1 Å². The molecule has 0 aliphatic rings. The molecule has 1 aromatic heterocycles. The number of aryl methyl sites for hydroxylation is 1. The second-order valence-corrected chi connectivity index (χ2v) is 4.04. The third-order valence-electron chi connectivity index (χ3n) is 2.66. The Labute approximate surface area is 110 Å². The predicted molar refractivity (Wildman–Crippen MR) is 60.6 cm³/mol. The molecule has 1 heterocycles. The van der Waals surface area contributed by atoms with Gasteiger partial charge < -0.3 is 5.11 Å². The van der Waals surface area contributed by atoms with Gasteiger partial charge in [0.05, 0.1) is 11.3 Å². The van der Waals surface area contributed by atoms with Gasteiger partial charge in [-0.25, -0.2) is 9.18 Å². The number of halogens is 4. The second kappa shape index (κ2) is 4.62. The monoisotopic (exact) mass is 288 g/mol. The van der Waals surface area contributed by atoms with E-state index in [-0.39, 0.29) is 11.3 Å². The molecule has 4 nitrogen and oxygen atoms in total. The first-order chi connectivity index (χ1) is 9.20. The van der Waals surface area contributed by atoms with Gasteiger partial charge in [-0.3, -0.25) is 4.68 Å². The van der Waals surface area contributed by atoms with Gasteiger partial charge in [-0.2, -0.15) is 18.3 Å². The fourth-order valence-corrected chi connectivity index (χ4v) is 1.72. The SMILES string of the molecule is Cn1nc(-c2ccc(F)c(C(=O)O)c2)cc1C(F)(F)F. The molecule has 0 saturated carbocycles. The molecule has 0 unspecified atom stereocenters. The number of carboxylic acids is 1. The average Bonchev–Trinajstić information content (AvgIpc) is 2.71. The first-order valence-electron chi connectivity index (χ1n) is 5.34. The van der Waals surface area contributed by atoms with Crippen LogP contribution in [0, 0.1) is 5.82 Å². The second-order valence-electron chi connectivity index (χ2n) is 4.04. The molecule has 106 valence electrons. The molecule has 0 radical (unpaired) electrons. The summed E-state index contributed by atoms with van der Waals surface area (Å²) < 4.78 is 51.8. The number of alkyl halides is 3. The van der Waals surface area contributed by atoms with Crippen molar-refractivity contribution in [1.82, 2.24) is 9.78 Å². The first-order valence-corrected chi connectivity index (χ1v) is 5.34. The largest absolute Gasteiger partial charge is 0.478 e. The van der Waals surface area contributed by atoms with Crippen LogP contribution in [0.1, 0.15) is 16.1 Å². The number of carbonyl (C=O) groups is 1. The molecule has 0 saturated heterocycles. The van der Waals surface area contributed by atoms with Gasteiger partial charge in [0, 0.05) is 12.6 Å². The number of aromatic nitrogens is 2. The number of nitrogens with zero attached hydrogens (tertiary/aromatic N) is 2. The van der Waals surface area contributed by atoms with Crippen molar-refractivity contribution in [2.75, 3.05) is 0 Å². The lowest BCUT2D eigenvalue weighted by Gasteiger charge is -2.04. The van der Waals surface area contributed by atoms with E-state index in [9.17, 15) is 22.4 Å². The summed E-state index contributed by atoms with van der Waals surface area (Å²) in [6.45, 7) is 0. The van der Waals surface area contributed by atoms with E-state index in [2.05, 4.69) is 5.10 Å². The average molecular weight is 288 g/mol. The fourth-order valence-electron chi connectivity index (χ4n) is 1.72. The summed E-state index contributed by atoms with van der Waals surface area (Å²) >= 11 is 0. The van der Waals surface area contributed by atoms with Crippen LogP contribution in [0.2, 0.25) is 0 Å². The minimum absolute atomic E-state index is 0.0812. The van der Waals surface area contributed by atoms with E-state index in [1.807, 2.05) is 0 Å². The van der Waals surface area contributed by atoms with Crippen LogP contribution in [0.4, 0.5) is 17.6 Å². The Morgan fingerprint density at radius 3 is 2.45 bits per heavy atom. The molecular weight excluding hydrogens is 280 g/mol. The maximum Gasteiger partial charge on any atom is 0.433 e. The summed E-state index contributed by atoms with van der Waals surface area (Å²) in [5.41, 5.74) is -1.59. The lowest BCUT2D eigenvalue weighted by Crippen LogP contribution is -2.11. The van der Waals surface area contributed by atoms with Crippen LogP contribution < -0.4 is 0 Å². The van der Waals surface area contributed by atoms with Crippen LogP contribution in [0.25, 0.3) is 11.3 Å². The van der Waals surface area contributed by atoms with Crippen molar-refractivity contribution in [2.24, 2.45) is 7.05 Å². The molecule has 0 bridgehead atoms. The number of aromatic carboxylic acids is 1. The highest BCUT2D eigenvalue weighted by Crippen LogP contribution is 2.32. The van der Waals surface area contributed by atoms with Crippen LogP contribution >= 0.6 is 0 Å². The first kappa shape index (κ1) is 14.0. The predicted octanol–water partition coefficient (Wildman–Crippen LogP) is 2.94. The summed E-state index contributed by atoms with van der Waals surface area (Å²) in [5.74, 6) is -2.47. The zero-order chi connectivity index (χ0) is 15.1. The molecule has 20 heavy (non-hydrogen) atoms. The van der Waals surface area contributed by atoms with Crippen LogP contribution in [0.15, 0.2) is 24.3 Å². The van der Waals surface area contributed by atoms with E-state index >= 15 is 0 Å². The molecule has 2 aromatic rings. The van der Waals surface area contributed by atoms with Gasteiger partial charge in [0.25, 0.3) is 0 Å². The van der Waals surface area contributed by atoms with E-state index in [4.69, 9.17) is 5.11 Å². The summed E-state index contributed by atoms with van der Waals surface area (Å²) in [6, 6.07) is 3.77. The van der Waals surface area contributed by atoms with Crippen LogP contribution in [0.3, 0.4) is 0 Å². The Morgan fingerprint density at radius 1 is 1.30 bits per heavy atom. The van der Waals surface area contributed by atoms with Crippen molar-refractivity contribution in [3.05, 3.63) is 41.3 Å². The minimum atomic E-state index is -4.57. The highest BCUT2D eigenvalue weighted by Gasteiger charge is 2.35. The van der Waals surface area contributed by atoms with Crippen LogP contribution in [-0.4, -0.2) is 20.9 Å². The molecule has 1 N–H and O–H groups in total. The van der Waals surface area contributed by atoms with Gasteiger partial charge in [0.15, 0.2) is 0 Å². The van der Waals surface area contributed by atoms with Crippen molar-refractivity contribution in [3.63, 3.8) is 0 Å². The number of rotatable bonds is 2. The van der Waals surface area contributed by atoms with E-state index in [0.29, 0.717) is 4.68 Å². The summed E-state index contributed by atoms with van der Waals surface area (Å²) in [5, 5.41) is 12.4. The Bertz CT molecular complexity index is 677. The summed E-state index contributed by atoms with van der Waals surface area (Å²) in [4.78, 5) is 10.8. The Hall–Kier alpha value is -2.38. The molecule has 1 aromatic carbocycles. The number of carboxylic acid groups (broad SMARTS) is 1. The van der Waals surface area contributed by atoms with Gasteiger partial charge in [-0.15, -0.1) is 0 Å². The minimum Gasteiger partial charge on any atom is -0.478 e. The van der Waals surface area contributed by atoms with E-state index in [1.54, 1.807) is 0 Å². The molecular formula is C12H8F4N2O2. The lowest BCUT2D eigenvalue weighted by molar-refractivity contribution is -0.143. The Kier molecular flexibility index (Phi) is 3.24. The number of hydrogen-bond donors (Lipinski definition) is 1. The quantitative estimate of drug-likeness (QED) is 0.864. The maximum absolute atomic E-state index is 13.2. The van der Waals surface area contributed by atoms with E-state index in [1.165, 1.54) is 6.07 Å². The maximum atomic E-state index is 13.2. The Morgan fingerprint density at radius 2 is 1.95 bits per heavy atom. The lowest BCUT2D eigenvalue weighted by atomic mass is 10.1. The molecule has 0 aliphatic heterocycles. The fraction of sp³-hybridized carbons (Fsp3) is 0.167.